The number of benzene rings is 3. The van der Waals surface area contributed by atoms with Crippen LogP contribution in [0.1, 0.15) is 56.1 Å². The highest BCUT2D eigenvalue weighted by molar-refractivity contribution is 7.97. The van der Waals surface area contributed by atoms with Gasteiger partial charge >= 0.3 is 21.3 Å². The van der Waals surface area contributed by atoms with Gasteiger partial charge in [-0.3, -0.25) is 4.55 Å². The standard InChI is InChI=1S/C30H32F2O7S2/c1-20(30(31,32)41(34,35)36)39-27(33)21-6-12-24(13-7-21)40(25-14-8-22(9-15-25)28(2,3)4)26-16-10-23(11-17-26)29(5)37-18-19-38-29/h6-17,20H,18-19H2,1-5H3/p+1. The van der Waals surface area contributed by atoms with Crippen molar-refractivity contribution in [3.05, 3.63) is 89.5 Å². The fourth-order valence-electron chi connectivity index (χ4n) is 4.31. The van der Waals surface area contributed by atoms with E-state index in [1.165, 1.54) is 17.7 Å². The quantitative estimate of drug-likeness (QED) is 0.182. The van der Waals surface area contributed by atoms with Crippen LogP contribution in [0.2, 0.25) is 0 Å². The minimum absolute atomic E-state index is 0.0270. The van der Waals surface area contributed by atoms with Crippen molar-refractivity contribution < 1.29 is 40.8 Å². The number of alkyl halides is 2. The largest absolute Gasteiger partial charge is 0.451 e. The van der Waals surface area contributed by atoms with E-state index < -0.39 is 44.1 Å². The summed E-state index contributed by atoms with van der Waals surface area (Å²) in [6, 6.07) is 22.6. The fraction of sp³-hybridized carbons (Fsp3) is 0.367. The summed E-state index contributed by atoms with van der Waals surface area (Å²) in [5.74, 6) is -1.95. The Morgan fingerprint density at radius 1 is 0.902 bits per heavy atom. The van der Waals surface area contributed by atoms with E-state index in [4.69, 9.17) is 14.0 Å². The molecule has 0 spiro atoms. The van der Waals surface area contributed by atoms with Gasteiger partial charge in [0.15, 0.2) is 26.6 Å². The molecule has 3 aromatic rings. The molecule has 1 fully saturated rings. The van der Waals surface area contributed by atoms with Gasteiger partial charge in [-0.2, -0.15) is 17.2 Å². The van der Waals surface area contributed by atoms with Crippen LogP contribution in [0.5, 0.6) is 0 Å². The number of carbonyl (C=O) groups excluding carboxylic acids is 1. The minimum Gasteiger partial charge on any atom is -0.451 e. The van der Waals surface area contributed by atoms with Gasteiger partial charge in [0.1, 0.15) is 0 Å². The highest BCUT2D eigenvalue weighted by Crippen LogP contribution is 2.36. The smallest absolute Gasteiger partial charge is 0.405 e. The van der Waals surface area contributed by atoms with Gasteiger partial charge in [0.05, 0.1) is 29.7 Å². The maximum Gasteiger partial charge on any atom is 0.405 e. The van der Waals surface area contributed by atoms with E-state index in [2.05, 4.69) is 49.8 Å². The maximum atomic E-state index is 13.9. The summed E-state index contributed by atoms with van der Waals surface area (Å²) < 4.78 is 74.7. The van der Waals surface area contributed by atoms with Crippen molar-refractivity contribution in [1.29, 1.82) is 0 Å². The van der Waals surface area contributed by atoms with Gasteiger partial charge in [-0.15, -0.1) is 0 Å². The molecule has 1 saturated heterocycles. The van der Waals surface area contributed by atoms with Crippen LogP contribution in [0, 0.1) is 0 Å². The van der Waals surface area contributed by atoms with E-state index in [0.717, 1.165) is 20.2 Å². The molecule has 0 radical (unpaired) electrons. The summed E-state index contributed by atoms with van der Waals surface area (Å²) in [5.41, 5.74) is 2.00. The molecular weight excluding hydrogens is 574 g/mol. The molecule has 2 unspecified atom stereocenters. The van der Waals surface area contributed by atoms with Gasteiger partial charge in [-0.05, 0) is 85.5 Å². The second kappa shape index (κ2) is 11.4. The average Bonchev–Trinajstić information content (AvgIpc) is 3.36. The lowest BCUT2D eigenvalue weighted by molar-refractivity contribution is -0.149. The summed E-state index contributed by atoms with van der Waals surface area (Å²) in [6.07, 6.45) is -2.39. The zero-order valence-electron chi connectivity index (χ0n) is 23.4. The molecule has 4 rings (SSSR count). The Bertz CT molecular complexity index is 1480. The van der Waals surface area contributed by atoms with Crippen molar-refractivity contribution in [3.63, 3.8) is 0 Å². The third-order valence-electron chi connectivity index (χ3n) is 6.84. The van der Waals surface area contributed by atoms with E-state index >= 15 is 0 Å². The second-order valence-corrected chi connectivity index (χ2v) is 14.4. The van der Waals surface area contributed by atoms with Gasteiger partial charge < -0.3 is 14.2 Å². The van der Waals surface area contributed by atoms with Gasteiger partial charge in [-0.25, -0.2) is 4.79 Å². The Morgan fingerprint density at radius 2 is 1.34 bits per heavy atom. The summed E-state index contributed by atoms with van der Waals surface area (Å²) in [7, 11) is -6.36. The Balaban J connectivity index is 1.66. The Morgan fingerprint density at radius 3 is 1.78 bits per heavy atom. The Kier molecular flexibility index (Phi) is 8.69. The number of ether oxygens (including phenoxy) is 3. The highest BCUT2D eigenvalue weighted by Gasteiger charge is 2.52. The van der Waals surface area contributed by atoms with Crippen molar-refractivity contribution in [2.24, 2.45) is 0 Å². The molecular formula is C30H33F2O7S2+. The number of hydrogen-bond acceptors (Lipinski definition) is 6. The van der Waals surface area contributed by atoms with Crippen LogP contribution in [0.3, 0.4) is 0 Å². The first-order valence-corrected chi connectivity index (χ1v) is 15.6. The molecule has 2 atom stereocenters. The molecule has 0 aromatic heterocycles. The van der Waals surface area contributed by atoms with Crippen molar-refractivity contribution in [2.45, 2.75) is 71.9 Å². The zero-order chi connectivity index (χ0) is 30.2. The molecule has 1 aliphatic heterocycles. The lowest BCUT2D eigenvalue weighted by atomic mass is 9.87. The first-order valence-electron chi connectivity index (χ1n) is 12.9. The monoisotopic (exact) mass is 607 g/mol. The normalized spacial score (nSPS) is 17.2. The van der Waals surface area contributed by atoms with E-state index in [0.29, 0.717) is 20.1 Å². The topological polar surface area (TPSA) is 99.1 Å². The van der Waals surface area contributed by atoms with Crippen LogP contribution < -0.4 is 0 Å². The predicted octanol–water partition coefficient (Wildman–Crippen LogP) is 6.32. The molecule has 220 valence electrons. The molecule has 1 heterocycles. The van der Waals surface area contributed by atoms with Gasteiger partial charge in [-0.1, -0.05) is 32.9 Å². The summed E-state index contributed by atoms with van der Waals surface area (Å²) in [6.45, 7) is 10.0. The highest BCUT2D eigenvalue weighted by atomic mass is 32.2. The van der Waals surface area contributed by atoms with Crippen molar-refractivity contribution >= 4 is 27.0 Å². The summed E-state index contributed by atoms with van der Waals surface area (Å²) >= 11 is 0. The molecule has 7 nitrogen and oxygen atoms in total. The Hall–Kier alpha value is -2.83. The third kappa shape index (κ3) is 6.65. The lowest BCUT2D eigenvalue weighted by Crippen LogP contribution is -2.42. The van der Waals surface area contributed by atoms with Gasteiger partial charge in [0, 0.05) is 5.56 Å². The number of carbonyl (C=O) groups is 1. The lowest BCUT2D eigenvalue weighted by Gasteiger charge is -2.22. The fourth-order valence-corrected chi connectivity index (χ4v) is 6.82. The van der Waals surface area contributed by atoms with Crippen LogP contribution >= 0.6 is 0 Å². The summed E-state index contributed by atoms with van der Waals surface area (Å²) in [4.78, 5) is 15.4. The molecule has 0 saturated carbocycles. The van der Waals surface area contributed by atoms with Crippen LogP contribution in [-0.4, -0.2) is 43.5 Å². The van der Waals surface area contributed by atoms with Crippen molar-refractivity contribution in [1.82, 2.24) is 0 Å². The maximum absolute atomic E-state index is 13.9. The van der Waals surface area contributed by atoms with E-state index in [9.17, 15) is 22.0 Å². The molecule has 3 aromatic carbocycles. The SMILES string of the molecule is CC(OC(=O)c1ccc([S+](c2ccc(C(C)(C)C)cc2)c2ccc(C3(C)OCCO3)cc2)cc1)C(F)(F)S(=O)(=O)O. The molecule has 1 aliphatic rings. The predicted molar refractivity (Wildman–Crippen MR) is 151 cm³/mol. The third-order valence-corrected chi connectivity index (χ3v) is 10.1. The minimum atomic E-state index is -5.76. The van der Waals surface area contributed by atoms with Gasteiger partial charge in [0.25, 0.3) is 0 Å². The molecule has 41 heavy (non-hydrogen) atoms. The van der Waals surface area contributed by atoms with E-state index in [-0.39, 0.29) is 11.0 Å². The van der Waals surface area contributed by atoms with Crippen LogP contribution in [0.4, 0.5) is 8.78 Å². The number of rotatable bonds is 8. The Labute approximate surface area is 241 Å². The number of hydrogen-bond donors (Lipinski definition) is 1. The summed E-state index contributed by atoms with van der Waals surface area (Å²) in [5, 5.41) is -4.65. The van der Waals surface area contributed by atoms with Crippen molar-refractivity contribution in [2.75, 3.05) is 13.2 Å². The van der Waals surface area contributed by atoms with E-state index in [1.807, 2.05) is 31.2 Å². The molecule has 0 aliphatic carbocycles. The molecule has 1 N–H and O–H groups in total. The first-order chi connectivity index (χ1) is 19.0. The van der Waals surface area contributed by atoms with Gasteiger partial charge in [0.2, 0.25) is 0 Å². The number of esters is 1. The molecule has 11 heteroatoms. The number of halogens is 2. The molecule has 0 bridgehead atoms. The van der Waals surface area contributed by atoms with Crippen LogP contribution in [0.25, 0.3) is 0 Å². The van der Waals surface area contributed by atoms with Crippen LogP contribution in [-0.2, 0) is 46.4 Å². The average molecular weight is 608 g/mol. The first kappa shape index (κ1) is 31.1. The zero-order valence-corrected chi connectivity index (χ0v) is 25.0. The molecule has 0 amide bonds. The van der Waals surface area contributed by atoms with Crippen molar-refractivity contribution in [3.8, 4) is 0 Å². The van der Waals surface area contributed by atoms with Crippen LogP contribution in [0.15, 0.2) is 87.5 Å². The van der Waals surface area contributed by atoms with E-state index in [1.54, 1.807) is 12.1 Å². The second-order valence-electron chi connectivity index (χ2n) is 10.9.